The minimum absolute atomic E-state index is 0.340. The van der Waals surface area contributed by atoms with E-state index in [4.69, 9.17) is 4.74 Å². The Morgan fingerprint density at radius 1 is 1.47 bits per heavy atom. The summed E-state index contributed by atoms with van der Waals surface area (Å²) in [7, 11) is 1.38. The van der Waals surface area contributed by atoms with Crippen LogP contribution < -0.4 is 5.32 Å². The summed E-state index contributed by atoms with van der Waals surface area (Å²) in [5.74, 6) is 0.469. The first kappa shape index (κ1) is 13.6. The van der Waals surface area contributed by atoms with Crippen LogP contribution in [0.5, 0.6) is 0 Å². The molecule has 0 aliphatic heterocycles. The van der Waals surface area contributed by atoms with Crippen LogP contribution in [0.4, 0.5) is 5.82 Å². The van der Waals surface area contributed by atoms with Crippen LogP contribution in [0.3, 0.4) is 0 Å². The van der Waals surface area contributed by atoms with Crippen LogP contribution >= 0.6 is 0 Å². The van der Waals surface area contributed by atoms with Crippen LogP contribution in [0.15, 0.2) is 23.8 Å². The maximum absolute atomic E-state index is 11.4. The lowest BCUT2D eigenvalue weighted by Crippen LogP contribution is -2.09. The zero-order valence-electron chi connectivity index (χ0n) is 11.5. The minimum atomic E-state index is -0.340. The maximum Gasteiger partial charge on any atom is 0.339 e. The van der Waals surface area contributed by atoms with E-state index in [0.717, 1.165) is 18.8 Å². The highest BCUT2D eigenvalue weighted by Gasteiger charge is 2.10. The summed E-state index contributed by atoms with van der Waals surface area (Å²) in [6, 6.07) is 3.58. The van der Waals surface area contributed by atoms with E-state index in [1.807, 2.05) is 13.0 Å². The first-order valence-electron chi connectivity index (χ1n) is 6.68. The van der Waals surface area contributed by atoms with Crippen molar-refractivity contribution in [3.05, 3.63) is 35.0 Å². The Hall–Kier alpha value is -1.84. The number of nitrogens with zero attached hydrogens (tertiary/aromatic N) is 1. The van der Waals surface area contributed by atoms with Crippen molar-refractivity contribution in [1.29, 1.82) is 0 Å². The predicted molar refractivity (Wildman–Crippen MR) is 75.4 cm³/mol. The van der Waals surface area contributed by atoms with Gasteiger partial charge in [-0.05, 0) is 44.7 Å². The molecule has 4 heteroatoms. The average Bonchev–Trinajstić information content (AvgIpc) is 2.91. The van der Waals surface area contributed by atoms with Gasteiger partial charge in [0.05, 0.1) is 18.4 Å². The molecule has 0 unspecified atom stereocenters. The molecule has 1 aromatic heterocycles. The molecule has 4 nitrogen and oxygen atoms in total. The van der Waals surface area contributed by atoms with E-state index < -0.39 is 0 Å². The monoisotopic (exact) mass is 260 g/mol. The van der Waals surface area contributed by atoms with E-state index >= 15 is 0 Å². The van der Waals surface area contributed by atoms with Crippen LogP contribution in [0.25, 0.3) is 0 Å². The zero-order chi connectivity index (χ0) is 13.7. The Morgan fingerprint density at radius 2 is 2.32 bits per heavy atom. The number of aryl methyl sites for hydroxylation is 1. The molecule has 0 aromatic carbocycles. The van der Waals surface area contributed by atoms with Crippen molar-refractivity contribution in [2.75, 3.05) is 19.0 Å². The lowest BCUT2D eigenvalue weighted by molar-refractivity contribution is 0.0599. The predicted octanol–water partition coefficient (Wildman–Crippen LogP) is 3.09. The molecule has 19 heavy (non-hydrogen) atoms. The molecule has 0 fully saturated rings. The van der Waals surface area contributed by atoms with E-state index in [1.54, 1.807) is 6.07 Å². The fourth-order valence-electron chi connectivity index (χ4n) is 2.30. The third kappa shape index (κ3) is 3.56. The highest BCUT2D eigenvalue weighted by Crippen LogP contribution is 2.20. The van der Waals surface area contributed by atoms with Gasteiger partial charge >= 0.3 is 5.97 Å². The van der Waals surface area contributed by atoms with Gasteiger partial charge in [0.15, 0.2) is 0 Å². The van der Waals surface area contributed by atoms with Gasteiger partial charge in [-0.2, -0.15) is 0 Å². The van der Waals surface area contributed by atoms with Crippen LogP contribution in [0.2, 0.25) is 0 Å². The molecule has 0 saturated carbocycles. The Kier molecular flexibility index (Phi) is 4.55. The molecule has 1 heterocycles. The number of carbonyl (C=O) groups excluding carboxylic acids is 1. The van der Waals surface area contributed by atoms with Crippen LogP contribution in [-0.2, 0) is 4.74 Å². The number of esters is 1. The number of carbonyl (C=O) groups is 1. The summed E-state index contributed by atoms with van der Waals surface area (Å²) >= 11 is 0. The maximum atomic E-state index is 11.4. The second-order valence-electron chi connectivity index (χ2n) is 4.75. The highest BCUT2D eigenvalue weighted by atomic mass is 16.5. The van der Waals surface area contributed by atoms with Crippen molar-refractivity contribution in [3.8, 4) is 0 Å². The van der Waals surface area contributed by atoms with E-state index in [1.165, 1.54) is 31.9 Å². The van der Waals surface area contributed by atoms with Gasteiger partial charge in [0, 0.05) is 6.54 Å². The number of methoxy groups -OCH3 is 1. The summed E-state index contributed by atoms with van der Waals surface area (Å²) in [5, 5.41) is 3.29. The summed E-state index contributed by atoms with van der Waals surface area (Å²) in [4.78, 5) is 15.8. The van der Waals surface area contributed by atoms with Gasteiger partial charge in [-0.25, -0.2) is 9.78 Å². The normalized spacial score (nSPS) is 14.1. The molecule has 0 atom stereocenters. The zero-order valence-corrected chi connectivity index (χ0v) is 11.5. The number of nitrogens with one attached hydrogen (secondary N) is 1. The van der Waals surface area contributed by atoms with Crippen molar-refractivity contribution >= 4 is 11.8 Å². The average molecular weight is 260 g/mol. The first-order valence-corrected chi connectivity index (χ1v) is 6.68. The van der Waals surface area contributed by atoms with Gasteiger partial charge in [-0.1, -0.05) is 11.6 Å². The second kappa shape index (κ2) is 6.36. The second-order valence-corrected chi connectivity index (χ2v) is 4.75. The van der Waals surface area contributed by atoms with E-state index in [0.29, 0.717) is 11.3 Å². The van der Waals surface area contributed by atoms with Crippen molar-refractivity contribution in [3.63, 3.8) is 0 Å². The molecule has 0 amide bonds. The lowest BCUT2D eigenvalue weighted by atomic mass is 10.1. The molecule has 0 bridgehead atoms. The third-order valence-corrected chi connectivity index (χ3v) is 3.38. The molecule has 1 aliphatic rings. The Balaban J connectivity index is 1.90. The highest BCUT2D eigenvalue weighted by molar-refractivity contribution is 5.90. The van der Waals surface area contributed by atoms with Crippen molar-refractivity contribution in [1.82, 2.24) is 4.98 Å². The van der Waals surface area contributed by atoms with Crippen molar-refractivity contribution in [2.24, 2.45) is 0 Å². The molecule has 1 N–H and O–H groups in total. The first-order chi connectivity index (χ1) is 9.20. The smallest absolute Gasteiger partial charge is 0.339 e. The number of ether oxygens (including phenoxy) is 1. The van der Waals surface area contributed by atoms with Crippen LogP contribution in [-0.4, -0.2) is 24.6 Å². The summed E-state index contributed by atoms with van der Waals surface area (Å²) < 4.78 is 4.70. The molecule has 1 aromatic rings. The van der Waals surface area contributed by atoms with Gasteiger partial charge in [-0.15, -0.1) is 0 Å². The van der Waals surface area contributed by atoms with Crippen LogP contribution in [0.1, 0.15) is 41.7 Å². The van der Waals surface area contributed by atoms with Crippen molar-refractivity contribution in [2.45, 2.75) is 32.6 Å². The summed E-state index contributed by atoms with van der Waals surface area (Å²) in [5.41, 5.74) is 2.75. The fraction of sp³-hybridized carbons (Fsp3) is 0.467. The Bertz CT molecular complexity index is 495. The summed E-state index contributed by atoms with van der Waals surface area (Å²) in [6.07, 6.45) is 7.15. The number of rotatable bonds is 5. The molecule has 102 valence electrons. The summed E-state index contributed by atoms with van der Waals surface area (Å²) in [6.45, 7) is 2.70. The largest absolute Gasteiger partial charge is 0.465 e. The standard InChI is InChI=1S/C15H20N2O2/c1-11-13(15(18)19-2)7-8-14(17-11)16-10-9-12-5-3-4-6-12/h5,7-8H,3-4,6,9-10H2,1-2H3,(H,16,17). The van der Waals surface area contributed by atoms with Gasteiger partial charge in [0.1, 0.15) is 5.82 Å². The molecule has 2 rings (SSSR count). The Morgan fingerprint density at radius 3 is 2.95 bits per heavy atom. The Labute approximate surface area is 113 Å². The van der Waals surface area contributed by atoms with E-state index in [9.17, 15) is 4.79 Å². The van der Waals surface area contributed by atoms with Gasteiger partial charge in [-0.3, -0.25) is 0 Å². The molecule has 1 aliphatic carbocycles. The third-order valence-electron chi connectivity index (χ3n) is 3.38. The number of anilines is 1. The quantitative estimate of drug-likeness (QED) is 0.653. The number of pyridine rings is 1. The van der Waals surface area contributed by atoms with Crippen LogP contribution in [0, 0.1) is 6.92 Å². The van der Waals surface area contributed by atoms with Gasteiger partial charge < -0.3 is 10.1 Å². The minimum Gasteiger partial charge on any atom is -0.465 e. The SMILES string of the molecule is COC(=O)c1ccc(NCCC2=CCCC2)nc1C. The van der Waals surface area contributed by atoms with Gasteiger partial charge in [0.25, 0.3) is 0 Å². The molecule has 0 spiro atoms. The van der Waals surface area contributed by atoms with Gasteiger partial charge in [0.2, 0.25) is 0 Å². The number of hydrogen-bond acceptors (Lipinski definition) is 4. The number of allylic oxidation sites excluding steroid dienone is 1. The van der Waals surface area contributed by atoms with Crippen molar-refractivity contribution < 1.29 is 9.53 Å². The molecule has 0 saturated heterocycles. The topological polar surface area (TPSA) is 51.2 Å². The number of aromatic nitrogens is 1. The van der Waals surface area contributed by atoms with E-state index in [2.05, 4.69) is 16.4 Å². The lowest BCUT2D eigenvalue weighted by Gasteiger charge is -2.09. The molecular formula is C15H20N2O2. The number of hydrogen-bond donors (Lipinski definition) is 1. The molecule has 0 radical (unpaired) electrons. The van der Waals surface area contributed by atoms with E-state index in [-0.39, 0.29) is 5.97 Å². The molecular weight excluding hydrogens is 240 g/mol. The fourth-order valence-corrected chi connectivity index (χ4v) is 2.30.